The molecule has 3 aromatic carbocycles. The van der Waals surface area contributed by atoms with Crippen LogP contribution in [-0.2, 0) is 0 Å². The van der Waals surface area contributed by atoms with Crippen molar-refractivity contribution in [3.8, 4) is 11.5 Å². The van der Waals surface area contributed by atoms with Gasteiger partial charge in [-0.05, 0) is 18.2 Å². The van der Waals surface area contributed by atoms with Crippen molar-refractivity contribution in [1.82, 2.24) is 0 Å². The molecule has 0 heterocycles. The zero-order chi connectivity index (χ0) is 16.3. The molecule has 0 unspecified atom stereocenters. The molecule has 0 bridgehead atoms. The van der Waals surface area contributed by atoms with Crippen LogP contribution in [0.5, 0.6) is 11.5 Å². The van der Waals surface area contributed by atoms with Crippen LogP contribution in [-0.4, -0.2) is 21.8 Å². The van der Waals surface area contributed by atoms with Crippen LogP contribution in [0.15, 0.2) is 42.5 Å². The van der Waals surface area contributed by atoms with E-state index < -0.39 is 11.6 Å². The molecule has 0 spiro atoms. The minimum atomic E-state index is -0.532. The second-order valence-corrected chi connectivity index (χ2v) is 5.78. The molecule has 2 N–H and O–H groups in total. The molecule has 0 saturated heterocycles. The van der Waals surface area contributed by atoms with Gasteiger partial charge in [-0.1, -0.05) is 35.9 Å². The molecule has 0 aliphatic heterocycles. The Morgan fingerprint density at radius 1 is 0.739 bits per heavy atom. The number of carbonyl (C=O) groups is 2. The normalized spacial score (nSPS) is 13.1. The molecular weight excluding hydrogens is 316 g/mol. The SMILES string of the molecule is O=C1c2ccc(Cl)cc2C(=O)c2c1c(O)c1ccccc1c2O. The molecule has 4 nitrogen and oxygen atoms in total. The van der Waals surface area contributed by atoms with Crippen molar-refractivity contribution in [2.75, 3.05) is 0 Å². The van der Waals surface area contributed by atoms with Gasteiger partial charge < -0.3 is 10.2 Å². The van der Waals surface area contributed by atoms with Crippen LogP contribution in [0.1, 0.15) is 31.8 Å². The van der Waals surface area contributed by atoms with Gasteiger partial charge in [-0.2, -0.15) is 0 Å². The van der Waals surface area contributed by atoms with Crippen LogP contribution in [0.4, 0.5) is 0 Å². The van der Waals surface area contributed by atoms with Gasteiger partial charge in [-0.15, -0.1) is 0 Å². The molecular formula is C18H9ClO4. The highest BCUT2D eigenvalue weighted by molar-refractivity contribution is 6.35. The topological polar surface area (TPSA) is 74.6 Å². The summed E-state index contributed by atoms with van der Waals surface area (Å²) in [5.74, 6) is -1.65. The molecule has 0 radical (unpaired) electrons. The van der Waals surface area contributed by atoms with Crippen molar-refractivity contribution in [1.29, 1.82) is 0 Å². The Morgan fingerprint density at radius 2 is 1.26 bits per heavy atom. The first kappa shape index (κ1) is 13.8. The van der Waals surface area contributed by atoms with Crippen LogP contribution >= 0.6 is 11.6 Å². The molecule has 0 fully saturated rings. The lowest BCUT2D eigenvalue weighted by atomic mass is 9.81. The fourth-order valence-corrected chi connectivity index (χ4v) is 3.19. The maximum atomic E-state index is 12.7. The van der Waals surface area contributed by atoms with E-state index in [4.69, 9.17) is 11.6 Å². The van der Waals surface area contributed by atoms with Crippen molar-refractivity contribution < 1.29 is 19.8 Å². The third kappa shape index (κ3) is 1.72. The molecule has 0 aromatic heterocycles. The Kier molecular flexibility index (Phi) is 2.74. The molecule has 1 aliphatic carbocycles. The molecule has 1 aliphatic rings. The van der Waals surface area contributed by atoms with E-state index >= 15 is 0 Å². The monoisotopic (exact) mass is 324 g/mol. The lowest BCUT2D eigenvalue weighted by Gasteiger charge is -2.21. The van der Waals surface area contributed by atoms with Gasteiger partial charge in [0, 0.05) is 26.9 Å². The highest BCUT2D eigenvalue weighted by Gasteiger charge is 2.36. The number of phenolic OH excluding ortho intramolecular Hbond substituents is 2. The number of phenols is 2. The number of aromatic hydroxyl groups is 2. The standard InChI is InChI=1S/C18H9ClO4/c19-8-5-6-11-12(7-8)18(23)14-13(17(11)22)15(20)9-3-1-2-4-10(9)16(14)21/h1-7,20-21H. The zero-order valence-corrected chi connectivity index (χ0v) is 12.4. The zero-order valence-electron chi connectivity index (χ0n) is 11.6. The minimum Gasteiger partial charge on any atom is -0.506 e. The van der Waals surface area contributed by atoms with Gasteiger partial charge >= 0.3 is 0 Å². The van der Waals surface area contributed by atoms with E-state index in [9.17, 15) is 19.8 Å². The average molecular weight is 325 g/mol. The lowest BCUT2D eigenvalue weighted by Crippen LogP contribution is -2.21. The van der Waals surface area contributed by atoms with Gasteiger partial charge in [0.1, 0.15) is 11.5 Å². The third-order valence-corrected chi connectivity index (χ3v) is 4.32. The lowest BCUT2D eigenvalue weighted by molar-refractivity contribution is 0.0974. The van der Waals surface area contributed by atoms with Crippen molar-refractivity contribution in [3.05, 3.63) is 69.7 Å². The van der Waals surface area contributed by atoms with E-state index in [0.29, 0.717) is 15.8 Å². The maximum absolute atomic E-state index is 12.7. The largest absolute Gasteiger partial charge is 0.506 e. The molecule has 0 saturated carbocycles. The minimum absolute atomic E-state index is 0.125. The van der Waals surface area contributed by atoms with Crippen LogP contribution in [0.25, 0.3) is 10.8 Å². The Bertz CT molecular complexity index is 1040. The first-order chi connectivity index (χ1) is 11.0. The molecule has 0 atom stereocenters. The quantitative estimate of drug-likeness (QED) is 0.484. The van der Waals surface area contributed by atoms with Gasteiger partial charge in [0.2, 0.25) is 0 Å². The fraction of sp³-hybridized carbons (Fsp3) is 0. The number of carbonyl (C=O) groups excluding carboxylic acids is 2. The average Bonchev–Trinajstić information content (AvgIpc) is 2.56. The highest BCUT2D eigenvalue weighted by atomic mass is 35.5. The number of halogens is 1. The van der Waals surface area contributed by atoms with E-state index in [-0.39, 0.29) is 33.8 Å². The summed E-state index contributed by atoms with van der Waals surface area (Å²) in [7, 11) is 0. The summed E-state index contributed by atoms with van der Waals surface area (Å²) < 4.78 is 0. The van der Waals surface area contributed by atoms with Crippen molar-refractivity contribution in [3.63, 3.8) is 0 Å². The summed E-state index contributed by atoms with van der Waals surface area (Å²) in [6, 6.07) is 10.9. The van der Waals surface area contributed by atoms with Crippen LogP contribution in [0.2, 0.25) is 5.02 Å². The third-order valence-electron chi connectivity index (χ3n) is 4.09. The number of rotatable bonds is 0. The summed E-state index contributed by atoms with van der Waals surface area (Å²) in [5.41, 5.74) is -0.0566. The van der Waals surface area contributed by atoms with Gasteiger partial charge in [0.15, 0.2) is 11.6 Å². The van der Waals surface area contributed by atoms with Crippen molar-refractivity contribution >= 4 is 33.9 Å². The maximum Gasteiger partial charge on any atom is 0.198 e. The fourth-order valence-electron chi connectivity index (χ4n) is 3.02. The van der Waals surface area contributed by atoms with Crippen LogP contribution in [0, 0.1) is 0 Å². The molecule has 0 amide bonds. The number of hydrogen-bond donors (Lipinski definition) is 2. The summed E-state index contributed by atoms with van der Waals surface area (Å²) in [4.78, 5) is 25.5. The molecule has 4 rings (SSSR count). The summed E-state index contributed by atoms with van der Waals surface area (Å²) in [6.45, 7) is 0. The molecule has 3 aromatic rings. The summed E-state index contributed by atoms with van der Waals surface area (Å²) in [5, 5.41) is 21.9. The summed E-state index contributed by atoms with van der Waals surface area (Å²) >= 11 is 5.91. The number of benzene rings is 3. The first-order valence-electron chi connectivity index (χ1n) is 6.86. The number of fused-ring (bicyclic) bond motifs is 3. The van der Waals surface area contributed by atoms with Gasteiger partial charge in [0.05, 0.1) is 11.1 Å². The second kappa shape index (κ2) is 4.57. The predicted octanol–water partition coefficient (Wildman–Crippen LogP) is 3.68. The van der Waals surface area contributed by atoms with Crippen LogP contribution in [0.3, 0.4) is 0 Å². The summed E-state index contributed by atoms with van der Waals surface area (Å²) in [6.07, 6.45) is 0. The van der Waals surface area contributed by atoms with Crippen LogP contribution < -0.4 is 0 Å². The molecule has 23 heavy (non-hydrogen) atoms. The van der Waals surface area contributed by atoms with Gasteiger partial charge in [-0.3, -0.25) is 9.59 Å². The van der Waals surface area contributed by atoms with Gasteiger partial charge in [-0.25, -0.2) is 0 Å². The smallest absolute Gasteiger partial charge is 0.198 e. The first-order valence-corrected chi connectivity index (χ1v) is 7.24. The Hall–Kier alpha value is -2.85. The van der Waals surface area contributed by atoms with E-state index in [0.717, 1.165) is 0 Å². The second-order valence-electron chi connectivity index (χ2n) is 5.34. The van der Waals surface area contributed by atoms with E-state index in [1.807, 2.05) is 0 Å². The molecule has 112 valence electrons. The van der Waals surface area contributed by atoms with Crippen molar-refractivity contribution in [2.45, 2.75) is 0 Å². The Morgan fingerprint density at radius 3 is 1.83 bits per heavy atom. The van der Waals surface area contributed by atoms with E-state index in [1.165, 1.54) is 18.2 Å². The molecule has 5 heteroatoms. The van der Waals surface area contributed by atoms with Gasteiger partial charge in [0.25, 0.3) is 0 Å². The predicted molar refractivity (Wildman–Crippen MR) is 85.6 cm³/mol. The van der Waals surface area contributed by atoms with E-state index in [1.54, 1.807) is 24.3 Å². The number of ketones is 2. The Balaban J connectivity index is 2.17. The Labute approximate surface area is 135 Å². The van der Waals surface area contributed by atoms with E-state index in [2.05, 4.69) is 0 Å². The highest BCUT2D eigenvalue weighted by Crippen LogP contribution is 2.44. The number of hydrogen-bond acceptors (Lipinski definition) is 4. The van der Waals surface area contributed by atoms with Crippen molar-refractivity contribution in [2.24, 2.45) is 0 Å².